The highest BCUT2D eigenvalue weighted by Gasteiger charge is 2.22. The van der Waals surface area contributed by atoms with Crippen molar-refractivity contribution in [1.82, 2.24) is 0 Å². The van der Waals surface area contributed by atoms with E-state index in [1.807, 2.05) is 0 Å². The van der Waals surface area contributed by atoms with E-state index in [1.165, 1.54) is 0 Å². The molecule has 1 aromatic heterocycles. The van der Waals surface area contributed by atoms with E-state index >= 15 is 0 Å². The summed E-state index contributed by atoms with van der Waals surface area (Å²) in [6.45, 7) is 0. The average molecular weight is 439 g/mol. The summed E-state index contributed by atoms with van der Waals surface area (Å²) in [5.74, 6) is -1.16. The monoisotopic (exact) mass is 437 g/mol. The van der Waals surface area contributed by atoms with Crippen LogP contribution in [0.1, 0.15) is 10.4 Å². The molecule has 0 spiro atoms. The molecule has 0 unspecified atom stereocenters. The van der Waals surface area contributed by atoms with Crippen LogP contribution in [0.25, 0.3) is 11.0 Å². The molecule has 2 N–H and O–H groups in total. The summed E-state index contributed by atoms with van der Waals surface area (Å²) >= 11 is 6.55. The number of anilines is 1. The van der Waals surface area contributed by atoms with Gasteiger partial charge < -0.3 is 14.8 Å². The van der Waals surface area contributed by atoms with Crippen molar-refractivity contribution in [2.45, 2.75) is 0 Å². The molecule has 1 heterocycles. The number of rotatable bonds is 2. The quantitative estimate of drug-likeness (QED) is 0.585. The maximum absolute atomic E-state index is 12.3. The first kappa shape index (κ1) is 15.8. The number of hydrogen-bond acceptors (Lipinski definition) is 4. The Labute approximate surface area is 147 Å². The number of hydrogen-bond donors (Lipinski definition) is 2. The minimum Gasteiger partial charge on any atom is -0.506 e. The van der Waals surface area contributed by atoms with Crippen LogP contribution in [0.5, 0.6) is 5.75 Å². The average Bonchev–Trinajstić information content (AvgIpc) is 2.50. The predicted octanol–water partition coefficient (Wildman–Crippen LogP) is 4.28. The van der Waals surface area contributed by atoms with Gasteiger partial charge in [-0.3, -0.25) is 4.79 Å². The van der Waals surface area contributed by atoms with E-state index in [1.54, 1.807) is 42.5 Å². The van der Waals surface area contributed by atoms with Gasteiger partial charge in [-0.05, 0) is 40.2 Å². The molecule has 7 heteroatoms. The molecule has 0 radical (unpaired) electrons. The van der Waals surface area contributed by atoms with Crippen LogP contribution in [0.2, 0.25) is 0 Å². The molecular formula is C16H9Br2NO4. The Morgan fingerprint density at radius 2 is 1.83 bits per heavy atom. The molecule has 0 aliphatic carbocycles. The third-order valence-corrected chi connectivity index (χ3v) is 4.20. The molecule has 0 bridgehead atoms. The summed E-state index contributed by atoms with van der Waals surface area (Å²) in [5.41, 5.74) is -0.670. The third-order valence-electron chi connectivity index (χ3n) is 3.16. The van der Waals surface area contributed by atoms with Gasteiger partial charge >= 0.3 is 5.63 Å². The zero-order valence-corrected chi connectivity index (χ0v) is 14.6. The number of fused-ring (bicyclic) bond motifs is 1. The number of carbonyl (C=O) groups excluding carboxylic acids is 1. The zero-order chi connectivity index (χ0) is 16.6. The van der Waals surface area contributed by atoms with E-state index < -0.39 is 22.8 Å². The number of aromatic hydroxyl groups is 1. The number of para-hydroxylation sites is 1. The van der Waals surface area contributed by atoms with Gasteiger partial charge in [0.25, 0.3) is 5.91 Å². The van der Waals surface area contributed by atoms with E-state index in [2.05, 4.69) is 37.2 Å². The summed E-state index contributed by atoms with van der Waals surface area (Å²) in [4.78, 5) is 24.4. The van der Waals surface area contributed by atoms with Gasteiger partial charge in [-0.2, -0.15) is 0 Å². The molecule has 1 amide bonds. The summed E-state index contributed by atoms with van der Waals surface area (Å²) in [6, 6.07) is 11.9. The molecule has 0 atom stereocenters. The van der Waals surface area contributed by atoms with Gasteiger partial charge in [0.1, 0.15) is 5.75 Å². The van der Waals surface area contributed by atoms with Gasteiger partial charge in [-0.1, -0.05) is 34.1 Å². The van der Waals surface area contributed by atoms with Gasteiger partial charge in [0.2, 0.25) is 0 Å². The topological polar surface area (TPSA) is 79.5 Å². The van der Waals surface area contributed by atoms with Crippen LogP contribution in [0.15, 0.2) is 60.6 Å². The summed E-state index contributed by atoms with van der Waals surface area (Å²) in [6.07, 6.45) is 0. The number of benzene rings is 2. The maximum atomic E-state index is 12.3. The van der Waals surface area contributed by atoms with Gasteiger partial charge in [0.15, 0.2) is 11.1 Å². The SMILES string of the molecule is O=C(Nc1ccccc1)c1c(O)c2cc(Br)cc(Br)c2oc1=O. The fourth-order valence-corrected chi connectivity index (χ4v) is 3.44. The highest BCUT2D eigenvalue weighted by molar-refractivity contribution is 9.11. The van der Waals surface area contributed by atoms with Crippen LogP contribution in [0.4, 0.5) is 5.69 Å². The highest BCUT2D eigenvalue weighted by atomic mass is 79.9. The van der Waals surface area contributed by atoms with Gasteiger partial charge in [0.05, 0.1) is 9.86 Å². The molecule has 116 valence electrons. The first-order valence-corrected chi connectivity index (χ1v) is 8.07. The van der Waals surface area contributed by atoms with E-state index in [0.717, 1.165) is 0 Å². The first-order valence-electron chi connectivity index (χ1n) is 6.48. The Morgan fingerprint density at radius 1 is 1.13 bits per heavy atom. The lowest BCUT2D eigenvalue weighted by Crippen LogP contribution is -2.21. The first-order chi connectivity index (χ1) is 11.0. The van der Waals surface area contributed by atoms with Crippen molar-refractivity contribution in [1.29, 1.82) is 0 Å². The van der Waals surface area contributed by atoms with Crippen LogP contribution in [0.3, 0.4) is 0 Å². The molecule has 2 aromatic carbocycles. The van der Waals surface area contributed by atoms with Crippen molar-refractivity contribution >= 4 is 54.4 Å². The van der Waals surface area contributed by atoms with Crippen molar-refractivity contribution in [3.8, 4) is 5.75 Å². The minimum absolute atomic E-state index is 0.173. The normalized spacial score (nSPS) is 10.7. The van der Waals surface area contributed by atoms with Crippen molar-refractivity contribution < 1.29 is 14.3 Å². The molecule has 3 aromatic rings. The van der Waals surface area contributed by atoms with Crippen molar-refractivity contribution in [2.75, 3.05) is 5.32 Å². The molecular weight excluding hydrogens is 430 g/mol. The van der Waals surface area contributed by atoms with Crippen molar-refractivity contribution in [2.24, 2.45) is 0 Å². The molecule has 0 fully saturated rings. The fraction of sp³-hybridized carbons (Fsp3) is 0. The van der Waals surface area contributed by atoms with Gasteiger partial charge in [-0.15, -0.1) is 0 Å². The zero-order valence-electron chi connectivity index (χ0n) is 11.5. The Morgan fingerprint density at radius 3 is 2.52 bits per heavy atom. The lowest BCUT2D eigenvalue weighted by Gasteiger charge is -2.08. The number of carbonyl (C=O) groups is 1. The molecule has 23 heavy (non-hydrogen) atoms. The molecule has 0 aliphatic heterocycles. The lowest BCUT2D eigenvalue weighted by atomic mass is 10.1. The van der Waals surface area contributed by atoms with E-state index in [0.29, 0.717) is 14.6 Å². The number of nitrogens with one attached hydrogen (secondary N) is 1. The third kappa shape index (κ3) is 3.02. The summed E-state index contributed by atoms with van der Waals surface area (Å²) in [5, 5.41) is 13.2. The largest absolute Gasteiger partial charge is 0.506 e. The fourth-order valence-electron chi connectivity index (χ4n) is 2.13. The Hall–Kier alpha value is -2.12. The number of halogens is 2. The Kier molecular flexibility index (Phi) is 4.23. The summed E-state index contributed by atoms with van der Waals surface area (Å²) < 4.78 is 6.33. The maximum Gasteiger partial charge on any atom is 0.353 e. The van der Waals surface area contributed by atoms with Crippen LogP contribution in [-0.4, -0.2) is 11.0 Å². The second kappa shape index (κ2) is 6.17. The summed E-state index contributed by atoms with van der Waals surface area (Å²) in [7, 11) is 0. The second-order valence-electron chi connectivity index (χ2n) is 4.70. The van der Waals surface area contributed by atoms with Gasteiger partial charge in [-0.25, -0.2) is 4.79 Å². The molecule has 0 saturated heterocycles. The molecule has 0 aliphatic rings. The highest BCUT2D eigenvalue weighted by Crippen LogP contribution is 2.34. The minimum atomic E-state index is -0.911. The smallest absolute Gasteiger partial charge is 0.353 e. The van der Waals surface area contributed by atoms with Crippen LogP contribution < -0.4 is 10.9 Å². The Balaban J connectivity index is 2.14. The van der Waals surface area contributed by atoms with E-state index in [-0.39, 0.29) is 11.0 Å². The van der Waals surface area contributed by atoms with Crippen molar-refractivity contribution in [3.05, 3.63) is 67.4 Å². The second-order valence-corrected chi connectivity index (χ2v) is 6.47. The van der Waals surface area contributed by atoms with Crippen LogP contribution >= 0.6 is 31.9 Å². The van der Waals surface area contributed by atoms with Crippen LogP contribution in [0, 0.1) is 0 Å². The predicted molar refractivity (Wildman–Crippen MR) is 93.9 cm³/mol. The lowest BCUT2D eigenvalue weighted by molar-refractivity contribution is 0.102. The Bertz CT molecular complexity index is 967. The van der Waals surface area contributed by atoms with Crippen LogP contribution in [-0.2, 0) is 0 Å². The number of amides is 1. The van der Waals surface area contributed by atoms with E-state index in [4.69, 9.17) is 4.42 Å². The van der Waals surface area contributed by atoms with E-state index in [9.17, 15) is 14.7 Å². The molecule has 3 rings (SSSR count). The van der Waals surface area contributed by atoms with Crippen molar-refractivity contribution in [3.63, 3.8) is 0 Å². The van der Waals surface area contributed by atoms with Gasteiger partial charge in [0, 0.05) is 10.2 Å². The molecule has 0 saturated carbocycles. The molecule has 5 nitrogen and oxygen atoms in total. The standard InChI is InChI=1S/C16H9Br2NO4/c17-8-6-10-13(20)12(16(22)23-14(10)11(18)7-8)15(21)19-9-4-2-1-3-5-9/h1-7,20H,(H,19,21).